The number of carbonyl (C=O) groups is 1. The molecule has 1 aromatic carbocycles. The number of amides is 1. The SMILES string of the molecule is Cc1ccc(S(=O)(=O)N2CCC(c3ccn4nc(C(F)(F)F)c(C(=O)N5CCC(CO)C5)c4c3)CC2)cc1. The highest BCUT2D eigenvalue weighted by Crippen LogP contribution is 2.37. The number of aliphatic hydroxyl groups is 1. The van der Waals surface area contributed by atoms with Crippen LogP contribution in [-0.2, 0) is 16.2 Å². The quantitative estimate of drug-likeness (QED) is 0.523. The molecule has 1 amide bonds. The summed E-state index contributed by atoms with van der Waals surface area (Å²) in [7, 11) is -3.64. The molecule has 0 spiro atoms. The largest absolute Gasteiger partial charge is 0.436 e. The van der Waals surface area contributed by atoms with E-state index in [1.165, 1.54) is 15.4 Å². The Morgan fingerprint density at radius 2 is 1.76 bits per heavy atom. The van der Waals surface area contributed by atoms with Gasteiger partial charge in [0.05, 0.1) is 16.0 Å². The molecule has 2 aliphatic rings. The third-order valence-electron chi connectivity index (χ3n) is 7.56. The van der Waals surface area contributed by atoms with Gasteiger partial charge in [-0.25, -0.2) is 12.9 Å². The first kappa shape index (κ1) is 26.6. The summed E-state index contributed by atoms with van der Waals surface area (Å²) >= 11 is 0. The number of hydrogen-bond acceptors (Lipinski definition) is 5. The van der Waals surface area contributed by atoms with Crippen molar-refractivity contribution in [2.45, 2.75) is 43.2 Å². The van der Waals surface area contributed by atoms with Crippen molar-refractivity contribution in [3.8, 4) is 0 Å². The van der Waals surface area contributed by atoms with Gasteiger partial charge in [-0.05, 0) is 61.9 Å². The fourth-order valence-electron chi connectivity index (χ4n) is 5.34. The maximum Gasteiger partial charge on any atom is 0.436 e. The highest BCUT2D eigenvalue weighted by molar-refractivity contribution is 7.89. The summed E-state index contributed by atoms with van der Waals surface area (Å²) in [6.07, 6.45) is -1.88. The van der Waals surface area contributed by atoms with E-state index in [4.69, 9.17) is 0 Å². The Kier molecular flexibility index (Phi) is 6.99. The van der Waals surface area contributed by atoms with E-state index in [0.29, 0.717) is 19.3 Å². The van der Waals surface area contributed by atoms with Crippen molar-refractivity contribution in [2.75, 3.05) is 32.8 Å². The Morgan fingerprint density at radius 1 is 1.08 bits per heavy atom. The third kappa shape index (κ3) is 4.92. The zero-order valence-corrected chi connectivity index (χ0v) is 21.7. The predicted octanol–water partition coefficient (Wildman–Crippen LogP) is 3.68. The van der Waals surface area contributed by atoms with E-state index in [-0.39, 0.29) is 55.0 Å². The molecule has 2 aliphatic heterocycles. The van der Waals surface area contributed by atoms with Crippen molar-refractivity contribution in [3.63, 3.8) is 0 Å². The molecule has 8 nitrogen and oxygen atoms in total. The molecule has 3 aromatic rings. The van der Waals surface area contributed by atoms with Crippen molar-refractivity contribution in [3.05, 3.63) is 65.0 Å². The second-order valence-corrected chi connectivity index (χ2v) is 12.0. The molecule has 4 heterocycles. The zero-order valence-electron chi connectivity index (χ0n) is 20.9. The maximum atomic E-state index is 13.9. The van der Waals surface area contributed by atoms with Gasteiger partial charge in [0, 0.05) is 44.9 Å². The minimum Gasteiger partial charge on any atom is -0.396 e. The highest BCUT2D eigenvalue weighted by Gasteiger charge is 2.42. The zero-order chi connectivity index (χ0) is 27.2. The van der Waals surface area contributed by atoms with Crippen molar-refractivity contribution in [2.24, 2.45) is 5.92 Å². The molecule has 0 saturated carbocycles. The lowest BCUT2D eigenvalue weighted by atomic mass is 9.90. The van der Waals surface area contributed by atoms with Gasteiger partial charge >= 0.3 is 6.18 Å². The summed E-state index contributed by atoms with van der Waals surface area (Å²) in [5.74, 6) is -0.992. The smallest absolute Gasteiger partial charge is 0.396 e. The molecule has 0 radical (unpaired) electrons. The fourth-order valence-corrected chi connectivity index (χ4v) is 6.81. The lowest BCUT2D eigenvalue weighted by molar-refractivity contribution is -0.141. The number of fused-ring (bicyclic) bond motifs is 1. The number of aryl methyl sites for hydroxylation is 1. The van der Waals surface area contributed by atoms with Crippen LogP contribution in [0.15, 0.2) is 47.5 Å². The Bertz CT molecular complexity index is 1450. The molecule has 1 atom stereocenters. The number of rotatable bonds is 5. The molecule has 0 aliphatic carbocycles. The first-order chi connectivity index (χ1) is 18.0. The monoisotopic (exact) mass is 550 g/mol. The molecule has 1 unspecified atom stereocenters. The van der Waals surface area contributed by atoms with Crippen LogP contribution in [0.4, 0.5) is 13.2 Å². The van der Waals surface area contributed by atoms with Crippen LogP contribution in [0.25, 0.3) is 5.52 Å². The average molecular weight is 551 g/mol. The van der Waals surface area contributed by atoms with Crippen molar-refractivity contribution in [1.82, 2.24) is 18.8 Å². The highest BCUT2D eigenvalue weighted by atomic mass is 32.2. The van der Waals surface area contributed by atoms with Gasteiger partial charge in [-0.2, -0.15) is 22.6 Å². The van der Waals surface area contributed by atoms with Gasteiger partial charge in [-0.1, -0.05) is 17.7 Å². The summed E-state index contributed by atoms with van der Waals surface area (Å²) in [5.41, 5.74) is 0.0510. The Balaban J connectivity index is 1.41. The standard InChI is InChI=1S/C26H29F3N4O4S/c1-17-2-4-21(5-3-17)38(36,37)32-11-7-19(8-12-32)20-9-13-33-22(14-20)23(24(30-33)26(27,28)29)25(35)31-10-6-18(15-31)16-34/h2-5,9,13-14,18-19,34H,6-8,10-12,15-16H2,1H3. The van der Waals surface area contributed by atoms with Gasteiger partial charge in [0.1, 0.15) is 0 Å². The van der Waals surface area contributed by atoms with Crippen molar-refractivity contribution in [1.29, 1.82) is 0 Å². The van der Waals surface area contributed by atoms with E-state index >= 15 is 0 Å². The van der Waals surface area contributed by atoms with E-state index in [2.05, 4.69) is 5.10 Å². The van der Waals surface area contributed by atoms with Crippen molar-refractivity contribution < 1.29 is 31.5 Å². The normalized spacial score (nSPS) is 19.9. The van der Waals surface area contributed by atoms with E-state index in [9.17, 15) is 31.5 Å². The van der Waals surface area contributed by atoms with Crippen LogP contribution in [0.2, 0.25) is 0 Å². The number of carbonyl (C=O) groups excluding carboxylic acids is 1. The Morgan fingerprint density at radius 3 is 2.37 bits per heavy atom. The lowest BCUT2D eigenvalue weighted by Gasteiger charge is -2.31. The number of sulfonamides is 1. The van der Waals surface area contributed by atoms with Gasteiger partial charge in [0.2, 0.25) is 10.0 Å². The minimum absolute atomic E-state index is 0.0713. The summed E-state index contributed by atoms with van der Waals surface area (Å²) in [4.78, 5) is 14.8. The van der Waals surface area contributed by atoms with Gasteiger partial charge in [-0.3, -0.25) is 4.79 Å². The molecule has 5 rings (SSSR count). The van der Waals surface area contributed by atoms with Crippen LogP contribution in [0.1, 0.15) is 52.4 Å². The third-order valence-corrected chi connectivity index (χ3v) is 9.47. The molecule has 2 saturated heterocycles. The second kappa shape index (κ2) is 9.97. The number of alkyl halides is 3. The maximum absolute atomic E-state index is 13.9. The fraction of sp³-hybridized carbons (Fsp3) is 0.462. The number of piperidine rings is 1. The van der Waals surface area contributed by atoms with E-state index < -0.39 is 33.4 Å². The summed E-state index contributed by atoms with van der Waals surface area (Å²) in [6, 6.07) is 9.93. The number of pyridine rings is 1. The van der Waals surface area contributed by atoms with E-state index in [1.54, 1.807) is 36.4 Å². The van der Waals surface area contributed by atoms with Crippen LogP contribution in [0.3, 0.4) is 0 Å². The molecular weight excluding hydrogens is 521 g/mol. The number of aliphatic hydroxyl groups excluding tert-OH is 1. The molecule has 0 bridgehead atoms. The first-order valence-corrected chi connectivity index (χ1v) is 14.0. The average Bonchev–Trinajstić information content (AvgIpc) is 3.53. The number of hydrogen-bond donors (Lipinski definition) is 1. The molecule has 12 heteroatoms. The topological polar surface area (TPSA) is 95.2 Å². The van der Waals surface area contributed by atoms with Gasteiger partial charge in [-0.15, -0.1) is 0 Å². The van der Waals surface area contributed by atoms with Gasteiger partial charge < -0.3 is 10.0 Å². The summed E-state index contributed by atoms with van der Waals surface area (Å²) in [6.45, 7) is 2.77. The molecular formula is C26H29F3N4O4S. The Labute approximate surface area is 218 Å². The van der Waals surface area contributed by atoms with Crippen LogP contribution in [0, 0.1) is 12.8 Å². The predicted molar refractivity (Wildman–Crippen MR) is 133 cm³/mol. The summed E-state index contributed by atoms with van der Waals surface area (Å²) < 4.78 is 70.3. The number of aromatic nitrogens is 2. The second-order valence-electron chi connectivity index (χ2n) is 10.1. The molecule has 204 valence electrons. The van der Waals surface area contributed by atoms with E-state index in [1.807, 2.05) is 6.92 Å². The lowest BCUT2D eigenvalue weighted by Crippen LogP contribution is -2.37. The van der Waals surface area contributed by atoms with Crippen LogP contribution in [0.5, 0.6) is 0 Å². The Hall–Kier alpha value is -2.96. The minimum atomic E-state index is -4.82. The van der Waals surface area contributed by atoms with Gasteiger partial charge in [0.15, 0.2) is 5.69 Å². The number of likely N-dealkylation sites (tertiary alicyclic amines) is 1. The van der Waals surface area contributed by atoms with Crippen molar-refractivity contribution >= 4 is 21.4 Å². The molecule has 2 aromatic heterocycles. The number of halogens is 3. The van der Waals surface area contributed by atoms with Crippen LogP contribution in [-0.4, -0.2) is 71.0 Å². The summed E-state index contributed by atoms with van der Waals surface area (Å²) in [5, 5.41) is 13.1. The van der Waals surface area contributed by atoms with E-state index in [0.717, 1.165) is 15.6 Å². The molecule has 2 fully saturated rings. The first-order valence-electron chi connectivity index (χ1n) is 12.6. The number of benzene rings is 1. The van der Waals surface area contributed by atoms with Gasteiger partial charge in [0.25, 0.3) is 5.91 Å². The van der Waals surface area contributed by atoms with Crippen LogP contribution < -0.4 is 0 Å². The number of nitrogens with zero attached hydrogens (tertiary/aromatic N) is 4. The molecule has 38 heavy (non-hydrogen) atoms. The van der Waals surface area contributed by atoms with Crippen LogP contribution >= 0.6 is 0 Å². The molecule has 1 N–H and O–H groups in total.